The molecule has 6 heteroatoms. The Morgan fingerprint density at radius 1 is 1.28 bits per heavy atom. The van der Waals surface area contributed by atoms with Crippen LogP contribution >= 0.6 is 11.3 Å². The predicted molar refractivity (Wildman–Crippen MR) is 99.7 cm³/mol. The second-order valence-electron chi connectivity index (χ2n) is 7.26. The number of carbonyl (C=O) groups is 2. The summed E-state index contributed by atoms with van der Waals surface area (Å²) in [5, 5.41) is 3.72. The molecule has 130 valence electrons. The van der Waals surface area contributed by atoms with Crippen LogP contribution in [0.3, 0.4) is 0 Å². The van der Waals surface area contributed by atoms with E-state index in [4.69, 9.17) is 0 Å². The first-order valence-electron chi connectivity index (χ1n) is 8.15. The number of hydrogen-bond acceptors (Lipinski definition) is 4. The van der Waals surface area contributed by atoms with Gasteiger partial charge in [0.05, 0.1) is 16.4 Å². The summed E-state index contributed by atoms with van der Waals surface area (Å²) in [4.78, 5) is 33.4. The van der Waals surface area contributed by atoms with Crippen molar-refractivity contribution in [1.29, 1.82) is 0 Å². The summed E-state index contributed by atoms with van der Waals surface area (Å²) >= 11 is 1.35. The molecular weight excluding hydrogens is 334 g/mol. The lowest BCUT2D eigenvalue weighted by Gasteiger charge is -2.34. The standard InChI is InChI=1S/C19H21N3O2S/c1-10-17(25-11(2)20-10)18(24)21-12-6-7-13-14(19(3,4)5)9-16(23)22-15(13)8-12/h6-9,13H,1-5H3,(H,22,23). The normalized spacial score (nSPS) is 21.6. The zero-order valence-corrected chi connectivity index (χ0v) is 15.8. The molecule has 0 radical (unpaired) electrons. The number of allylic oxidation sites excluding steroid dienone is 3. The van der Waals surface area contributed by atoms with Crippen molar-refractivity contribution in [1.82, 2.24) is 10.3 Å². The van der Waals surface area contributed by atoms with E-state index in [1.807, 2.05) is 26.0 Å². The van der Waals surface area contributed by atoms with Crippen molar-refractivity contribution in [2.24, 2.45) is 16.3 Å². The van der Waals surface area contributed by atoms with E-state index >= 15 is 0 Å². The fourth-order valence-electron chi connectivity index (χ4n) is 3.04. The summed E-state index contributed by atoms with van der Waals surface area (Å²) < 4.78 is 0. The van der Waals surface area contributed by atoms with E-state index < -0.39 is 0 Å². The van der Waals surface area contributed by atoms with E-state index in [0.29, 0.717) is 16.3 Å². The number of carbonyl (C=O) groups excluding carboxylic acids is 2. The van der Waals surface area contributed by atoms with Crippen molar-refractivity contribution < 1.29 is 9.59 Å². The van der Waals surface area contributed by atoms with Gasteiger partial charge in [0, 0.05) is 17.7 Å². The minimum Gasteiger partial charge on any atom is -0.325 e. The van der Waals surface area contributed by atoms with Crippen LogP contribution in [0, 0.1) is 25.2 Å². The van der Waals surface area contributed by atoms with Gasteiger partial charge in [-0.05, 0) is 37.0 Å². The second kappa shape index (κ2) is 6.19. The molecule has 1 aromatic rings. The molecule has 0 bridgehead atoms. The third kappa shape index (κ3) is 3.54. The fourth-order valence-corrected chi connectivity index (χ4v) is 3.84. The first-order valence-corrected chi connectivity index (χ1v) is 8.96. The molecule has 0 saturated heterocycles. The molecule has 0 spiro atoms. The topological polar surface area (TPSA) is 71.4 Å². The average molecular weight is 355 g/mol. The molecule has 0 fully saturated rings. The highest BCUT2D eigenvalue weighted by molar-refractivity contribution is 7.13. The van der Waals surface area contributed by atoms with Gasteiger partial charge in [-0.3, -0.25) is 9.59 Å². The molecule has 1 aromatic heterocycles. The molecule has 1 aliphatic carbocycles. The summed E-state index contributed by atoms with van der Waals surface area (Å²) in [7, 11) is 0. The van der Waals surface area contributed by atoms with Crippen LogP contribution in [0.25, 0.3) is 0 Å². The van der Waals surface area contributed by atoms with Gasteiger partial charge in [0.1, 0.15) is 4.88 Å². The maximum Gasteiger partial charge on any atom is 0.289 e. The van der Waals surface area contributed by atoms with Crippen molar-refractivity contribution in [2.75, 3.05) is 0 Å². The number of aryl methyl sites for hydroxylation is 2. The smallest absolute Gasteiger partial charge is 0.289 e. The van der Waals surface area contributed by atoms with Gasteiger partial charge in [0.2, 0.25) is 5.91 Å². The number of hydrogen-bond donors (Lipinski definition) is 1. The van der Waals surface area contributed by atoms with E-state index in [1.165, 1.54) is 11.3 Å². The van der Waals surface area contributed by atoms with Gasteiger partial charge >= 0.3 is 0 Å². The number of nitrogens with one attached hydrogen (secondary N) is 1. The Morgan fingerprint density at radius 2 is 2.00 bits per heavy atom. The van der Waals surface area contributed by atoms with E-state index in [-0.39, 0.29) is 23.1 Å². The van der Waals surface area contributed by atoms with Crippen molar-refractivity contribution in [3.63, 3.8) is 0 Å². The summed E-state index contributed by atoms with van der Waals surface area (Å²) in [6.45, 7) is 9.94. The molecular formula is C19H21N3O2S. The number of aliphatic imine (C=N–C) groups is 1. The second-order valence-corrected chi connectivity index (χ2v) is 8.47. The minimum absolute atomic E-state index is 0.0131. The Morgan fingerprint density at radius 3 is 2.60 bits per heavy atom. The molecule has 2 amide bonds. The summed E-state index contributed by atoms with van der Waals surface area (Å²) in [6, 6.07) is 0. The number of nitrogens with zero attached hydrogens (tertiary/aromatic N) is 2. The van der Waals surface area contributed by atoms with Crippen molar-refractivity contribution in [2.45, 2.75) is 34.6 Å². The van der Waals surface area contributed by atoms with E-state index in [0.717, 1.165) is 16.3 Å². The largest absolute Gasteiger partial charge is 0.325 e. The third-order valence-corrected chi connectivity index (χ3v) is 5.24. The highest BCUT2D eigenvalue weighted by atomic mass is 32.1. The Balaban J connectivity index is 1.92. The maximum atomic E-state index is 12.4. The van der Waals surface area contributed by atoms with Crippen molar-refractivity contribution >= 4 is 28.9 Å². The van der Waals surface area contributed by atoms with Gasteiger partial charge in [-0.1, -0.05) is 26.8 Å². The van der Waals surface area contributed by atoms with E-state index in [2.05, 4.69) is 36.1 Å². The highest BCUT2D eigenvalue weighted by Gasteiger charge is 2.32. The van der Waals surface area contributed by atoms with Gasteiger partial charge in [-0.2, -0.15) is 0 Å². The predicted octanol–water partition coefficient (Wildman–Crippen LogP) is 3.51. The molecule has 25 heavy (non-hydrogen) atoms. The van der Waals surface area contributed by atoms with Crippen LogP contribution in [0.15, 0.2) is 40.6 Å². The molecule has 0 aromatic carbocycles. The van der Waals surface area contributed by atoms with Crippen LogP contribution in [-0.4, -0.2) is 22.5 Å². The molecule has 1 N–H and O–H groups in total. The fraction of sp³-hybridized carbons (Fsp3) is 0.368. The van der Waals surface area contributed by atoms with Crippen molar-refractivity contribution in [3.05, 3.63) is 51.2 Å². The van der Waals surface area contributed by atoms with Gasteiger partial charge < -0.3 is 5.32 Å². The van der Waals surface area contributed by atoms with Gasteiger partial charge in [-0.15, -0.1) is 11.3 Å². The lowest BCUT2D eigenvalue weighted by molar-refractivity contribution is -0.116. The zero-order chi connectivity index (χ0) is 18.4. The Hall–Kier alpha value is -2.34. The molecule has 1 aliphatic heterocycles. The van der Waals surface area contributed by atoms with Crippen LogP contribution in [0.4, 0.5) is 0 Å². The van der Waals surface area contributed by atoms with Gasteiger partial charge in [-0.25, -0.2) is 9.98 Å². The van der Waals surface area contributed by atoms with Crippen LogP contribution in [0.2, 0.25) is 0 Å². The van der Waals surface area contributed by atoms with Gasteiger partial charge in [0.15, 0.2) is 0 Å². The Bertz CT molecular complexity index is 879. The molecule has 1 unspecified atom stereocenters. The monoisotopic (exact) mass is 355 g/mol. The Labute approximate surface area is 151 Å². The number of fused-ring (bicyclic) bond motifs is 1. The van der Waals surface area contributed by atoms with Crippen LogP contribution in [0.1, 0.15) is 41.1 Å². The number of rotatable bonds is 1. The molecule has 3 rings (SSSR count). The van der Waals surface area contributed by atoms with Gasteiger partial charge in [0.25, 0.3) is 5.91 Å². The summed E-state index contributed by atoms with van der Waals surface area (Å²) in [5.41, 5.74) is 2.94. The lowest BCUT2D eigenvalue weighted by atomic mass is 9.74. The molecule has 2 heterocycles. The van der Waals surface area contributed by atoms with Crippen LogP contribution in [0.5, 0.6) is 0 Å². The quantitative estimate of drug-likeness (QED) is 0.838. The van der Waals surface area contributed by atoms with Crippen molar-refractivity contribution in [3.8, 4) is 0 Å². The first kappa shape index (κ1) is 17.5. The highest BCUT2D eigenvalue weighted by Crippen LogP contribution is 2.38. The van der Waals surface area contributed by atoms with Crippen LogP contribution < -0.4 is 5.32 Å². The Kier molecular flexibility index (Phi) is 4.33. The maximum absolute atomic E-state index is 12.4. The average Bonchev–Trinajstić information content (AvgIpc) is 2.84. The number of aromatic nitrogens is 1. The molecule has 1 atom stereocenters. The van der Waals surface area contributed by atoms with E-state index in [1.54, 1.807) is 12.2 Å². The van der Waals surface area contributed by atoms with E-state index in [9.17, 15) is 9.59 Å². The third-order valence-electron chi connectivity index (χ3n) is 4.18. The minimum atomic E-state index is -0.299. The SMILES string of the molecule is Cc1nc(C)c(C(=O)N=C2C=CC3C(=C2)NC(=O)C=C3C(C)(C)C)s1. The summed E-state index contributed by atoms with van der Waals surface area (Å²) in [6.07, 6.45) is 7.28. The molecule has 0 saturated carbocycles. The number of amides is 2. The summed E-state index contributed by atoms with van der Waals surface area (Å²) in [5.74, 6) is -0.423. The lowest BCUT2D eigenvalue weighted by Crippen LogP contribution is -2.36. The molecule has 2 aliphatic rings. The van der Waals surface area contributed by atoms with Crippen LogP contribution in [-0.2, 0) is 4.79 Å². The first-order chi connectivity index (χ1) is 11.6. The number of thiazole rings is 1. The molecule has 5 nitrogen and oxygen atoms in total. The zero-order valence-electron chi connectivity index (χ0n) is 15.0.